The molecule has 1 saturated carbocycles. The first kappa shape index (κ1) is 19.3. The van der Waals surface area contributed by atoms with E-state index in [2.05, 4.69) is 34.3 Å². The standard InChI is InChI=1S/C22H26FN5O2/c1-11-5-13-3-4-25-8-14(13)18(6-11)30-17-7-16(20(29)12(17)2)28-9-15(23)19-21(24)26-10-27-22(19)28/h5-6,9-10,12,16-17,20,25,29H,3-4,7-8H2,1-2H3,(H2,24,26,27)/t12-,16-,17+,20-/m1/s1. The van der Waals surface area contributed by atoms with Crippen LogP contribution in [-0.2, 0) is 13.0 Å². The van der Waals surface area contributed by atoms with Gasteiger partial charge in [0.25, 0.3) is 0 Å². The molecule has 7 nitrogen and oxygen atoms in total. The van der Waals surface area contributed by atoms with Crippen molar-refractivity contribution < 1.29 is 14.2 Å². The van der Waals surface area contributed by atoms with E-state index in [1.54, 1.807) is 4.57 Å². The molecule has 30 heavy (non-hydrogen) atoms. The van der Waals surface area contributed by atoms with E-state index in [0.29, 0.717) is 12.1 Å². The zero-order valence-electron chi connectivity index (χ0n) is 17.1. The van der Waals surface area contributed by atoms with Crippen molar-refractivity contribution in [3.63, 3.8) is 0 Å². The Labute approximate surface area is 174 Å². The molecule has 1 fully saturated rings. The smallest absolute Gasteiger partial charge is 0.154 e. The summed E-state index contributed by atoms with van der Waals surface area (Å²) in [5.41, 5.74) is 9.91. The van der Waals surface area contributed by atoms with Gasteiger partial charge in [0.2, 0.25) is 0 Å². The van der Waals surface area contributed by atoms with Gasteiger partial charge in [-0.1, -0.05) is 13.0 Å². The highest BCUT2D eigenvalue weighted by Crippen LogP contribution is 2.41. The number of fused-ring (bicyclic) bond motifs is 2. The van der Waals surface area contributed by atoms with E-state index in [9.17, 15) is 9.50 Å². The third-order valence-electron chi connectivity index (χ3n) is 6.54. The molecule has 0 spiro atoms. The molecule has 0 unspecified atom stereocenters. The summed E-state index contributed by atoms with van der Waals surface area (Å²) in [5.74, 6) is 0.369. The van der Waals surface area contributed by atoms with Crippen molar-refractivity contribution in [1.29, 1.82) is 0 Å². The molecule has 1 aliphatic heterocycles. The van der Waals surface area contributed by atoms with Crippen LogP contribution in [0.2, 0.25) is 0 Å². The van der Waals surface area contributed by atoms with Crippen molar-refractivity contribution >= 4 is 16.9 Å². The summed E-state index contributed by atoms with van der Waals surface area (Å²) in [5, 5.41) is 14.6. The maximum absolute atomic E-state index is 14.5. The van der Waals surface area contributed by atoms with Crippen LogP contribution >= 0.6 is 0 Å². The lowest BCUT2D eigenvalue weighted by atomic mass is 9.97. The number of rotatable bonds is 3. The minimum Gasteiger partial charge on any atom is -0.490 e. The molecule has 5 rings (SSSR count). The summed E-state index contributed by atoms with van der Waals surface area (Å²) in [7, 11) is 0. The van der Waals surface area contributed by atoms with E-state index >= 15 is 0 Å². The van der Waals surface area contributed by atoms with Crippen LogP contribution in [0.4, 0.5) is 10.2 Å². The number of aliphatic hydroxyl groups is 1. The number of hydrogen-bond donors (Lipinski definition) is 3. The molecule has 3 heterocycles. The van der Waals surface area contributed by atoms with Gasteiger partial charge in [0.1, 0.15) is 29.6 Å². The molecular weight excluding hydrogens is 385 g/mol. The molecule has 0 bridgehead atoms. The minimum absolute atomic E-state index is 0.100. The molecule has 1 aliphatic carbocycles. The Kier molecular flexibility index (Phi) is 4.63. The van der Waals surface area contributed by atoms with E-state index in [-0.39, 0.29) is 29.3 Å². The van der Waals surface area contributed by atoms with E-state index in [1.165, 1.54) is 29.2 Å². The molecule has 0 saturated heterocycles. The maximum atomic E-state index is 14.5. The fraction of sp³-hybridized carbons (Fsp3) is 0.455. The van der Waals surface area contributed by atoms with Crippen molar-refractivity contribution in [2.45, 2.75) is 51.5 Å². The molecule has 4 atom stereocenters. The predicted octanol–water partition coefficient (Wildman–Crippen LogP) is 2.50. The third-order valence-corrected chi connectivity index (χ3v) is 6.54. The third kappa shape index (κ3) is 3.02. The van der Waals surface area contributed by atoms with Crippen LogP contribution < -0.4 is 15.8 Å². The van der Waals surface area contributed by atoms with E-state index < -0.39 is 11.9 Å². The van der Waals surface area contributed by atoms with Crippen LogP contribution in [0.3, 0.4) is 0 Å². The maximum Gasteiger partial charge on any atom is 0.154 e. The topological polar surface area (TPSA) is 98.2 Å². The first-order chi connectivity index (χ1) is 14.4. The second kappa shape index (κ2) is 7.21. The van der Waals surface area contributed by atoms with Gasteiger partial charge in [0.05, 0.1) is 17.5 Å². The van der Waals surface area contributed by atoms with E-state index in [1.807, 2.05) is 6.92 Å². The average molecular weight is 411 g/mol. The van der Waals surface area contributed by atoms with E-state index in [0.717, 1.165) is 25.3 Å². The van der Waals surface area contributed by atoms with Crippen LogP contribution in [0.1, 0.15) is 36.1 Å². The number of benzene rings is 1. The van der Waals surface area contributed by atoms with Gasteiger partial charge < -0.3 is 25.5 Å². The normalized spacial score (nSPS) is 26.1. The van der Waals surface area contributed by atoms with Gasteiger partial charge in [-0.2, -0.15) is 0 Å². The zero-order valence-corrected chi connectivity index (χ0v) is 17.1. The number of aliphatic hydroxyl groups excluding tert-OH is 1. The summed E-state index contributed by atoms with van der Waals surface area (Å²) < 4.78 is 22.7. The van der Waals surface area contributed by atoms with Crippen LogP contribution in [0, 0.1) is 18.7 Å². The van der Waals surface area contributed by atoms with Gasteiger partial charge >= 0.3 is 0 Å². The van der Waals surface area contributed by atoms with Crippen LogP contribution in [0.25, 0.3) is 11.0 Å². The summed E-state index contributed by atoms with van der Waals surface area (Å²) in [4.78, 5) is 8.10. The molecule has 3 aromatic rings. The van der Waals surface area contributed by atoms with Crippen molar-refractivity contribution in [3.8, 4) is 5.75 Å². The Morgan fingerprint density at radius 3 is 3.00 bits per heavy atom. The number of anilines is 1. The Hall–Kier alpha value is -2.71. The molecule has 0 radical (unpaired) electrons. The Balaban J connectivity index is 1.47. The van der Waals surface area contributed by atoms with Gasteiger partial charge in [-0.3, -0.25) is 0 Å². The largest absolute Gasteiger partial charge is 0.490 e. The number of halogens is 1. The number of hydrogen-bond acceptors (Lipinski definition) is 6. The van der Waals surface area contributed by atoms with Crippen molar-refractivity contribution in [2.75, 3.05) is 12.3 Å². The first-order valence-electron chi connectivity index (χ1n) is 10.4. The lowest BCUT2D eigenvalue weighted by Gasteiger charge is -2.25. The summed E-state index contributed by atoms with van der Waals surface area (Å²) in [6.45, 7) is 5.79. The lowest BCUT2D eigenvalue weighted by molar-refractivity contribution is 0.0742. The van der Waals surface area contributed by atoms with Gasteiger partial charge in [0, 0.05) is 30.6 Å². The molecular formula is C22H26FN5O2. The summed E-state index contributed by atoms with van der Waals surface area (Å²) >= 11 is 0. The van der Waals surface area contributed by atoms with Crippen LogP contribution in [-0.4, -0.2) is 38.4 Å². The second-order valence-corrected chi connectivity index (χ2v) is 8.48. The van der Waals surface area contributed by atoms with Gasteiger partial charge in [-0.15, -0.1) is 0 Å². The average Bonchev–Trinajstić information content (AvgIpc) is 3.20. The number of aryl methyl sites for hydroxylation is 1. The SMILES string of the molecule is Cc1cc2c(c(O[C@H]3C[C@@H](n4cc(F)c5c(N)ncnc54)[C@H](O)[C@@H]3C)c1)CNCC2. The minimum atomic E-state index is -0.694. The predicted molar refractivity (Wildman–Crippen MR) is 112 cm³/mol. The van der Waals surface area contributed by atoms with Crippen molar-refractivity contribution in [1.82, 2.24) is 19.9 Å². The summed E-state index contributed by atoms with van der Waals surface area (Å²) in [6.07, 6.45) is 3.31. The number of nitrogens with zero attached hydrogens (tertiary/aromatic N) is 3. The van der Waals surface area contributed by atoms with Crippen molar-refractivity contribution in [2.24, 2.45) is 5.92 Å². The fourth-order valence-electron chi connectivity index (χ4n) is 4.90. The Morgan fingerprint density at radius 2 is 2.17 bits per heavy atom. The quantitative estimate of drug-likeness (QED) is 0.613. The monoisotopic (exact) mass is 411 g/mol. The number of aromatic nitrogens is 3. The van der Waals surface area contributed by atoms with Crippen molar-refractivity contribution in [3.05, 3.63) is 47.2 Å². The molecule has 8 heteroatoms. The lowest BCUT2D eigenvalue weighted by Crippen LogP contribution is -2.28. The highest BCUT2D eigenvalue weighted by molar-refractivity contribution is 5.86. The van der Waals surface area contributed by atoms with Crippen LogP contribution in [0.15, 0.2) is 24.7 Å². The number of nitrogens with two attached hydrogens (primary N) is 1. The summed E-state index contributed by atoms with van der Waals surface area (Å²) in [6, 6.07) is 3.93. The molecule has 1 aromatic carbocycles. The molecule has 2 aromatic heterocycles. The number of nitrogen functional groups attached to an aromatic ring is 1. The van der Waals surface area contributed by atoms with Gasteiger partial charge in [-0.25, -0.2) is 14.4 Å². The second-order valence-electron chi connectivity index (χ2n) is 8.48. The van der Waals surface area contributed by atoms with E-state index in [4.69, 9.17) is 10.5 Å². The highest BCUT2D eigenvalue weighted by Gasteiger charge is 2.43. The molecule has 2 aliphatic rings. The Morgan fingerprint density at radius 1 is 1.33 bits per heavy atom. The first-order valence-corrected chi connectivity index (χ1v) is 10.4. The van der Waals surface area contributed by atoms with Gasteiger partial charge in [0.15, 0.2) is 5.82 Å². The number of nitrogens with one attached hydrogen (secondary N) is 1. The van der Waals surface area contributed by atoms with Gasteiger partial charge in [-0.05, 0) is 37.1 Å². The zero-order chi connectivity index (χ0) is 21.0. The fourth-order valence-corrected chi connectivity index (χ4v) is 4.90. The number of ether oxygens (including phenoxy) is 1. The molecule has 0 amide bonds. The van der Waals surface area contributed by atoms with Crippen LogP contribution in [0.5, 0.6) is 5.75 Å². The highest BCUT2D eigenvalue weighted by atomic mass is 19.1. The Bertz CT molecular complexity index is 1110. The molecule has 158 valence electrons. The molecule has 4 N–H and O–H groups in total.